The minimum Gasteiger partial charge on any atom is -0.506 e. The second kappa shape index (κ2) is 2.85. The number of carbonyl (C=O) groups is 1. The Morgan fingerprint density at radius 1 is 1.46 bits per heavy atom. The van der Waals surface area contributed by atoms with Gasteiger partial charge in [0, 0.05) is 21.0 Å². The zero-order chi connectivity index (χ0) is 9.42. The fourth-order valence-corrected chi connectivity index (χ4v) is 2.39. The zero-order valence-electron chi connectivity index (χ0n) is 7.07. The number of aldehydes is 1. The zero-order valence-corrected chi connectivity index (χ0v) is 7.89. The maximum Gasteiger partial charge on any atom is 0.150 e. The molecule has 0 atom stereocenters. The fourth-order valence-electron chi connectivity index (χ4n) is 1.45. The van der Waals surface area contributed by atoms with E-state index in [-0.39, 0.29) is 0 Å². The van der Waals surface area contributed by atoms with Crippen molar-refractivity contribution in [3.05, 3.63) is 28.6 Å². The summed E-state index contributed by atoms with van der Waals surface area (Å²) in [7, 11) is 0. The third kappa shape index (κ3) is 1.21. The highest BCUT2D eigenvalue weighted by Crippen LogP contribution is 2.34. The molecule has 2 nitrogen and oxygen atoms in total. The topological polar surface area (TPSA) is 37.3 Å². The lowest BCUT2D eigenvalue weighted by Crippen LogP contribution is -1.81. The van der Waals surface area contributed by atoms with Crippen molar-refractivity contribution in [3.8, 4) is 5.75 Å². The molecule has 66 valence electrons. The highest BCUT2D eigenvalue weighted by Gasteiger charge is 2.06. The summed E-state index contributed by atoms with van der Waals surface area (Å²) in [5.41, 5.74) is 1.60. The first kappa shape index (κ1) is 8.26. The SMILES string of the molecule is Cc1cc(C=O)cc2scc(O)c12. The predicted octanol–water partition coefficient (Wildman–Crippen LogP) is 2.73. The predicted molar refractivity (Wildman–Crippen MR) is 53.6 cm³/mol. The normalized spacial score (nSPS) is 10.5. The molecule has 1 aromatic heterocycles. The lowest BCUT2D eigenvalue weighted by molar-refractivity contribution is 0.112. The summed E-state index contributed by atoms with van der Waals surface area (Å²) in [6.45, 7) is 1.89. The molecule has 1 N–H and O–H groups in total. The molecule has 0 amide bonds. The monoisotopic (exact) mass is 192 g/mol. The van der Waals surface area contributed by atoms with Gasteiger partial charge in [-0.2, -0.15) is 0 Å². The molecule has 3 heteroatoms. The van der Waals surface area contributed by atoms with E-state index in [1.807, 2.05) is 6.92 Å². The summed E-state index contributed by atoms with van der Waals surface area (Å²) in [5, 5.41) is 12.0. The van der Waals surface area contributed by atoms with Gasteiger partial charge < -0.3 is 5.11 Å². The average Bonchev–Trinajstić information content (AvgIpc) is 2.48. The van der Waals surface area contributed by atoms with Gasteiger partial charge in [0.1, 0.15) is 12.0 Å². The lowest BCUT2D eigenvalue weighted by atomic mass is 10.1. The van der Waals surface area contributed by atoms with E-state index in [4.69, 9.17) is 0 Å². The minimum absolute atomic E-state index is 0.301. The number of fused-ring (bicyclic) bond motifs is 1. The number of hydrogen-bond donors (Lipinski definition) is 1. The van der Waals surface area contributed by atoms with Gasteiger partial charge >= 0.3 is 0 Å². The first-order chi connectivity index (χ1) is 6.22. The summed E-state index contributed by atoms with van der Waals surface area (Å²) in [4.78, 5) is 10.6. The van der Waals surface area contributed by atoms with Gasteiger partial charge in [0.05, 0.1) is 0 Å². The van der Waals surface area contributed by atoms with Crippen LogP contribution in [0.1, 0.15) is 15.9 Å². The molecule has 0 radical (unpaired) electrons. The van der Waals surface area contributed by atoms with Gasteiger partial charge in [-0.15, -0.1) is 11.3 Å². The van der Waals surface area contributed by atoms with Crippen LogP contribution in [-0.2, 0) is 0 Å². The van der Waals surface area contributed by atoms with Crippen LogP contribution in [0.3, 0.4) is 0 Å². The Kier molecular flexibility index (Phi) is 1.81. The molecule has 0 saturated carbocycles. The molecule has 0 aliphatic rings. The summed E-state index contributed by atoms with van der Waals surface area (Å²) < 4.78 is 0.958. The molecule has 0 aliphatic carbocycles. The van der Waals surface area contributed by atoms with Crippen molar-refractivity contribution in [1.82, 2.24) is 0 Å². The Hall–Kier alpha value is -1.35. The Morgan fingerprint density at radius 3 is 2.92 bits per heavy atom. The number of hydrogen-bond acceptors (Lipinski definition) is 3. The second-order valence-corrected chi connectivity index (χ2v) is 3.86. The third-order valence-electron chi connectivity index (χ3n) is 2.01. The van der Waals surface area contributed by atoms with Crippen LogP contribution in [0.25, 0.3) is 10.1 Å². The van der Waals surface area contributed by atoms with Crippen LogP contribution in [0.2, 0.25) is 0 Å². The maximum absolute atomic E-state index is 10.6. The van der Waals surface area contributed by atoms with E-state index in [9.17, 15) is 9.90 Å². The molecule has 0 saturated heterocycles. The van der Waals surface area contributed by atoms with Crippen molar-refractivity contribution in [2.24, 2.45) is 0 Å². The smallest absolute Gasteiger partial charge is 0.150 e. The van der Waals surface area contributed by atoms with E-state index >= 15 is 0 Å². The molecular formula is C10H8O2S. The summed E-state index contributed by atoms with van der Waals surface area (Å²) in [6.07, 6.45) is 0.823. The lowest BCUT2D eigenvalue weighted by Gasteiger charge is -1.98. The highest BCUT2D eigenvalue weighted by molar-refractivity contribution is 7.17. The van der Waals surface area contributed by atoms with Crippen molar-refractivity contribution >= 4 is 27.7 Å². The molecule has 13 heavy (non-hydrogen) atoms. The standard InChI is InChI=1S/C10H8O2S/c1-6-2-7(4-11)3-9-10(6)8(12)5-13-9/h2-5,12H,1H3. The van der Waals surface area contributed by atoms with Gasteiger partial charge in [0.15, 0.2) is 0 Å². The summed E-state index contributed by atoms with van der Waals surface area (Å²) in [6, 6.07) is 3.57. The Bertz CT molecular complexity index is 471. The number of aromatic hydroxyl groups is 1. The molecule has 0 fully saturated rings. The van der Waals surface area contributed by atoms with Crippen LogP contribution in [0.5, 0.6) is 5.75 Å². The molecular weight excluding hydrogens is 184 g/mol. The van der Waals surface area contributed by atoms with Gasteiger partial charge in [-0.25, -0.2) is 0 Å². The van der Waals surface area contributed by atoms with E-state index in [2.05, 4.69) is 0 Å². The van der Waals surface area contributed by atoms with Crippen molar-refractivity contribution in [1.29, 1.82) is 0 Å². The van der Waals surface area contributed by atoms with E-state index < -0.39 is 0 Å². The Morgan fingerprint density at radius 2 is 2.23 bits per heavy atom. The van der Waals surface area contributed by atoms with E-state index in [0.717, 1.165) is 21.9 Å². The highest BCUT2D eigenvalue weighted by atomic mass is 32.1. The number of benzene rings is 1. The average molecular weight is 192 g/mol. The molecule has 0 unspecified atom stereocenters. The third-order valence-corrected chi connectivity index (χ3v) is 2.93. The second-order valence-electron chi connectivity index (χ2n) is 2.95. The van der Waals surface area contributed by atoms with Gasteiger partial charge in [0.2, 0.25) is 0 Å². The van der Waals surface area contributed by atoms with Crippen LogP contribution in [0.4, 0.5) is 0 Å². The van der Waals surface area contributed by atoms with Crippen LogP contribution < -0.4 is 0 Å². The summed E-state index contributed by atoms with van der Waals surface area (Å²) in [5.74, 6) is 0.301. The van der Waals surface area contributed by atoms with E-state index in [1.54, 1.807) is 17.5 Å². The van der Waals surface area contributed by atoms with Gasteiger partial charge in [-0.1, -0.05) is 0 Å². The largest absolute Gasteiger partial charge is 0.506 e. The molecule has 0 bridgehead atoms. The fraction of sp³-hybridized carbons (Fsp3) is 0.100. The summed E-state index contributed by atoms with van der Waals surface area (Å²) >= 11 is 1.45. The first-order valence-electron chi connectivity index (χ1n) is 3.88. The quantitative estimate of drug-likeness (QED) is 0.705. The Balaban J connectivity index is 2.86. The van der Waals surface area contributed by atoms with Gasteiger partial charge in [-0.3, -0.25) is 4.79 Å². The van der Waals surface area contributed by atoms with Gasteiger partial charge in [-0.05, 0) is 24.6 Å². The first-order valence-corrected chi connectivity index (χ1v) is 4.76. The molecule has 2 aromatic rings. The van der Waals surface area contributed by atoms with Crippen LogP contribution >= 0.6 is 11.3 Å². The Labute approximate surface area is 79.4 Å². The number of rotatable bonds is 1. The van der Waals surface area contributed by atoms with Crippen LogP contribution in [0.15, 0.2) is 17.5 Å². The van der Waals surface area contributed by atoms with Crippen molar-refractivity contribution in [2.75, 3.05) is 0 Å². The number of aryl methyl sites for hydroxylation is 1. The van der Waals surface area contributed by atoms with E-state index in [1.165, 1.54) is 11.3 Å². The van der Waals surface area contributed by atoms with E-state index in [0.29, 0.717) is 11.3 Å². The number of carbonyl (C=O) groups excluding carboxylic acids is 1. The van der Waals surface area contributed by atoms with Crippen molar-refractivity contribution in [3.63, 3.8) is 0 Å². The maximum atomic E-state index is 10.6. The minimum atomic E-state index is 0.301. The van der Waals surface area contributed by atoms with Crippen molar-refractivity contribution in [2.45, 2.75) is 6.92 Å². The van der Waals surface area contributed by atoms with Crippen LogP contribution in [0, 0.1) is 6.92 Å². The molecule has 1 heterocycles. The number of thiophene rings is 1. The van der Waals surface area contributed by atoms with Crippen molar-refractivity contribution < 1.29 is 9.90 Å². The van der Waals surface area contributed by atoms with Crippen LogP contribution in [-0.4, -0.2) is 11.4 Å². The molecule has 0 spiro atoms. The van der Waals surface area contributed by atoms with Gasteiger partial charge in [0.25, 0.3) is 0 Å². The molecule has 1 aromatic carbocycles. The molecule has 0 aliphatic heterocycles. The molecule has 2 rings (SSSR count).